The molecule has 2 aliphatic rings. The van der Waals surface area contributed by atoms with E-state index in [2.05, 4.69) is 22.5 Å². The molecule has 0 radical (unpaired) electrons. The van der Waals surface area contributed by atoms with Crippen LogP contribution < -0.4 is 10.6 Å². The number of hydrogen-bond acceptors (Lipinski definition) is 4. The van der Waals surface area contributed by atoms with Gasteiger partial charge in [-0.15, -0.1) is 0 Å². The molecule has 2 heterocycles. The van der Waals surface area contributed by atoms with Gasteiger partial charge in [-0.2, -0.15) is 0 Å². The lowest BCUT2D eigenvalue weighted by Crippen LogP contribution is -2.53. The van der Waals surface area contributed by atoms with Crippen LogP contribution in [0.25, 0.3) is 0 Å². The van der Waals surface area contributed by atoms with Crippen LogP contribution in [-0.2, 0) is 9.59 Å². The highest BCUT2D eigenvalue weighted by atomic mass is 16.2. The number of hydrogen-bond donors (Lipinski definition) is 2. The van der Waals surface area contributed by atoms with Crippen LogP contribution >= 0.6 is 0 Å². The van der Waals surface area contributed by atoms with Gasteiger partial charge in [-0.25, -0.2) is 0 Å². The van der Waals surface area contributed by atoms with Crippen LogP contribution in [0.2, 0.25) is 0 Å². The quantitative estimate of drug-likeness (QED) is 0.770. The number of amides is 2. The lowest BCUT2D eigenvalue weighted by molar-refractivity contribution is -0.138. The zero-order valence-electron chi connectivity index (χ0n) is 14.1. The van der Waals surface area contributed by atoms with Gasteiger partial charge in [0, 0.05) is 44.2 Å². The first-order valence-corrected chi connectivity index (χ1v) is 8.49. The molecule has 2 amide bonds. The van der Waals surface area contributed by atoms with Crippen molar-refractivity contribution >= 4 is 11.8 Å². The Balaban J connectivity index is 1.74. The molecule has 0 aromatic carbocycles. The highest BCUT2D eigenvalue weighted by Gasteiger charge is 2.30. The van der Waals surface area contributed by atoms with Gasteiger partial charge in [0.1, 0.15) is 0 Å². The van der Waals surface area contributed by atoms with E-state index in [1.165, 1.54) is 0 Å². The molecular weight excluding hydrogens is 280 g/mol. The predicted molar refractivity (Wildman–Crippen MR) is 86.5 cm³/mol. The van der Waals surface area contributed by atoms with Crippen LogP contribution in [0.3, 0.4) is 0 Å². The Morgan fingerprint density at radius 3 is 2.50 bits per heavy atom. The molecule has 0 unspecified atom stereocenters. The van der Waals surface area contributed by atoms with Crippen LogP contribution in [0.4, 0.5) is 0 Å². The second-order valence-corrected chi connectivity index (χ2v) is 6.90. The minimum absolute atomic E-state index is 0.0713. The maximum absolute atomic E-state index is 12.6. The largest absolute Gasteiger partial charge is 0.353 e. The lowest BCUT2D eigenvalue weighted by Gasteiger charge is -2.37. The molecule has 6 heteroatoms. The summed E-state index contributed by atoms with van der Waals surface area (Å²) in [6.45, 7) is 10.5. The van der Waals surface area contributed by atoms with Gasteiger partial charge in [0.25, 0.3) is 0 Å². The Morgan fingerprint density at radius 1 is 1.23 bits per heavy atom. The van der Waals surface area contributed by atoms with Crippen LogP contribution in [0, 0.1) is 5.92 Å². The first-order valence-electron chi connectivity index (χ1n) is 8.49. The average molecular weight is 310 g/mol. The molecule has 0 saturated carbocycles. The number of carbonyl (C=O) groups is 2. The van der Waals surface area contributed by atoms with Crippen LogP contribution in [0.15, 0.2) is 0 Å². The third-order valence-electron chi connectivity index (χ3n) is 4.47. The number of piperazine rings is 1. The van der Waals surface area contributed by atoms with Crippen molar-refractivity contribution in [3.8, 4) is 0 Å². The lowest BCUT2D eigenvalue weighted by atomic mass is 9.92. The molecule has 0 aromatic heterocycles. The standard InChI is InChI=1S/C16H30N4O2/c1-12(2)18-15(21)11-19-6-8-20(9-7-19)16(22)14-4-5-17-13(3)10-14/h12-14,17H,4-11H2,1-3H3,(H,18,21)/t13-,14-/m0/s1. The van der Waals surface area contributed by atoms with Crippen LogP contribution in [0.1, 0.15) is 33.6 Å². The summed E-state index contributed by atoms with van der Waals surface area (Å²) in [5.41, 5.74) is 0. The molecule has 2 aliphatic heterocycles. The van der Waals surface area contributed by atoms with Gasteiger partial charge in [0.2, 0.25) is 11.8 Å². The minimum atomic E-state index is 0.0713. The molecule has 2 fully saturated rings. The van der Waals surface area contributed by atoms with E-state index in [0.29, 0.717) is 18.5 Å². The van der Waals surface area contributed by atoms with Crippen molar-refractivity contribution in [2.24, 2.45) is 5.92 Å². The summed E-state index contributed by atoms with van der Waals surface area (Å²) in [4.78, 5) is 28.5. The van der Waals surface area contributed by atoms with E-state index >= 15 is 0 Å². The number of nitrogens with one attached hydrogen (secondary N) is 2. The zero-order chi connectivity index (χ0) is 16.1. The van der Waals surface area contributed by atoms with Crippen molar-refractivity contribution < 1.29 is 9.59 Å². The van der Waals surface area contributed by atoms with Gasteiger partial charge in [-0.05, 0) is 40.2 Å². The molecule has 6 nitrogen and oxygen atoms in total. The van der Waals surface area contributed by atoms with E-state index in [0.717, 1.165) is 45.6 Å². The monoisotopic (exact) mass is 310 g/mol. The summed E-state index contributed by atoms with van der Waals surface area (Å²) in [6.07, 6.45) is 1.88. The SMILES string of the molecule is CC(C)NC(=O)CN1CCN(C(=O)[C@H]2CCN[C@@H](C)C2)CC1. The molecule has 0 spiro atoms. The van der Waals surface area contributed by atoms with Gasteiger partial charge in [-0.1, -0.05) is 0 Å². The van der Waals surface area contributed by atoms with Crippen molar-refractivity contribution in [2.75, 3.05) is 39.3 Å². The summed E-state index contributed by atoms with van der Waals surface area (Å²) in [5, 5.41) is 6.30. The molecule has 2 saturated heterocycles. The van der Waals surface area contributed by atoms with Gasteiger partial charge >= 0.3 is 0 Å². The molecule has 0 aromatic rings. The van der Waals surface area contributed by atoms with Crippen molar-refractivity contribution in [1.82, 2.24) is 20.4 Å². The van der Waals surface area contributed by atoms with Gasteiger partial charge in [0.15, 0.2) is 0 Å². The first-order chi connectivity index (χ1) is 10.5. The first kappa shape index (κ1) is 17.2. The molecule has 126 valence electrons. The van der Waals surface area contributed by atoms with Crippen molar-refractivity contribution in [3.63, 3.8) is 0 Å². The molecule has 2 rings (SSSR count). The number of carbonyl (C=O) groups excluding carboxylic acids is 2. The van der Waals surface area contributed by atoms with Crippen LogP contribution in [-0.4, -0.2) is 73.0 Å². The second kappa shape index (κ2) is 7.92. The van der Waals surface area contributed by atoms with Crippen molar-refractivity contribution in [3.05, 3.63) is 0 Å². The summed E-state index contributed by atoms with van der Waals surface area (Å²) in [5.74, 6) is 0.550. The van der Waals surface area contributed by atoms with E-state index in [1.807, 2.05) is 18.7 Å². The third-order valence-corrected chi connectivity index (χ3v) is 4.47. The van der Waals surface area contributed by atoms with Crippen molar-refractivity contribution in [1.29, 1.82) is 0 Å². The highest BCUT2D eigenvalue weighted by molar-refractivity contribution is 5.79. The third kappa shape index (κ3) is 4.95. The van der Waals surface area contributed by atoms with Crippen LogP contribution in [0.5, 0.6) is 0 Å². The molecular formula is C16H30N4O2. The fourth-order valence-electron chi connectivity index (χ4n) is 3.31. The maximum Gasteiger partial charge on any atom is 0.234 e. The Hall–Kier alpha value is -1.14. The van der Waals surface area contributed by atoms with E-state index in [1.54, 1.807) is 0 Å². The molecule has 0 bridgehead atoms. The van der Waals surface area contributed by atoms with Gasteiger partial charge < -0.3 is 15.5 Å². The van der Waals surface area contributed by atoms with E-state index in [4.69, 9.17) is 0 Å². The Morgan fingerprint density at radius 2 is 1.91 bits per heavy atom. The molecule has 2 atom stereocenters. The summed E-state index contributed by atoms with van der Waals surface area (Å²) in [7, 11) is 0. The Kier molecular flexibility index (Phi) is 6.20. The normalized spacial score (nSPS) is 27.0. The zero-order valence-corrected chi connectivity index (χ0v) is 14.1. The van der Waals surface area contributed by atoms with E-state index < -0.39 is 0 Å². The second-order valence-electron chi connectivity index (χ2n) is 6.90. The highest BCUT2D eigenvalue weighted by Crippen LogP contribution is 2.19. The van der Waals surface area contributed by atoms with Crippen molar-refractivity contribution in [2.45, 2.75) is 45.7 Å². The summed E-state index contributed by atoms with van der Waals surface area (Å²) >= 11 is 0. The topological polar surface area (TPSA) is 64.7 Å². The molecule has 2 N–H and O–H groups in total. The summed E-state index contributed by atoms with van der Waals surface area (Å²) in [6, 6.07) is 0.612. The summed E-state index contributed by atoms with van der Waals surface area (Å²) < 4.78 is 0. The number of piperidine rings is 1. The number of nitrogens with zero attached hydrogens (tertiary/aromatic N) is 2. The molecule has 0 aliphatic carbocycles. The maximum atomic E-state index is 12.6. The fourth-order valence-corrected chi connectivity index (χ4v) is 3.31. The smallest absolute Gasteiger partial charge is 0.234 e. The van der Waals surface area contributed by atoms with Gasteiger partial charge in [-0.3, -0.25) is 14.5 Å². The Labute approximate surface area is 133 Å². The van der Waals surface area contributed by atoms with Gasteiger partial charge in [0.05, 0.1) is 6.54 Å². The predicted octanol–water partition coefficient (Wildman–Crippen LogP) is 0.0433. The molecule has 22 heavy (non-hydrogen) atoms. The fraction of sp³-hybridized carbons (Fsp3) is 0.875. The average Bonchev–Trinajstić information content (AvgIpc) is 2.46. The van der Waals surface area contributed by atoms with E-state index in [9.17, 15) is 9.59 Å². The number of rotatable bonds is 4. The Bertz CT molecular complexity index is 392. The minimum Gasteiger partial charge on any atom is -0.353 e. The van der Waals surface area contributed by atoms with E-state index in [-0.39, 0.29) is 17.9 Å².